The van der Waals surface area contributed by atoms with Gasteiger partial charge in [-0.15, -0.1) is 0 Å². The van der Waals surface area contributed by atoms with Crippen LogP contribution in [0.5, 0.6) is 0 Å². The maximum atomic E-state index is 12.0. The second kappa shape index (κ2) is 5.65. The van der Waals surface area contributed by atoms with Gasteiger partial charge in [-0.3, -0.25) is 4.79 Å². The van der Waals surface area contributed by atoms with Crippen LogP contribution in [0, 0.1) is 0 Å². The number of hydrogen-bond donors (Lipinski definition) is 1. The van der Waals surface area contributed by atoms with E-state index >= 15 is 0 Å². The Balaban J connectivity index is 2.58. The number of halogens is 3. The fraction of sp³-hybridized carbons (Fsp3) is 0.417. The Labute approximate surface area is 108 Å². The largest absolute Gasteiger partial charge is 0.442 e. The van der Waals surface area contributed by atoms with Crippen LogP contribution in [0.3, 0.4) is 0 Å². The molecule has 1 aromatic carbocycles. The molecule has 1 rings (SSSR count). The minimum Gasteiger partial charge on any atom is -0.346 e. The summed E-state index contributed by atoms with van der Waals surface area (Å²) in [7, 11) is 0. The predicted molar refractivity (Wildman–Crippen MR) is 66.1 cm³/mol. The molecule has 1 amide bonds. The van der Waals surface area contributed by atoms with E-state index in [-0.39, 0.29) is 11.8 Å². The van der Waals surface area contributed by atoms with Crippen molar-refractivity contribution in [2.75, 3.05) is 5.75 Å². The van der Waals surface area contributed by atoms with Crippen LogP contribution in [0.15, 0.2) is 30.3 Å². The highest BCUT2D eigenvalue weighted by Gasteiger charge is 2.30. The van der Waals surface area contributed by atoms with Crippen LogP contribution in [0.4, 0.5) is 13.2 Å². The van der Waals surface area contributed by atoms with Crippen LogP contribution >= 0.6 is 11.8 Å². The average molecular weight is 277 g/mol. The fourth-order valence-corrected chi connectivity index (χ4v) is 1.83. The maximum Gasteiger partial charge on any atom is 0.442 e. The van der Waals surface area contributed by atoms with Gasteiger partial charge in [-0.1, -0.05) is 30.3 Å². The first-order valence-electron chi connectivity index (χ1n) is 5.28. The number of carbonyl (C=O) groups is 1. The van der Waals surface area contributed by atoms with Crippen molar-refractivity contribution in [3.8, 4) is 0 Å². The Morgan fingerprint density at radius 3 is 2.28 bits per heavy atom. The minimum atomic E-state index is -4.38. The molecule has 0 heterocycles. The highest BCUT2D eigenvalue weighted by Crippen LogP contribution is 2.30. The zero-order chi connectivity index (χ0) is 13.8. The van der Waals surface area contributed by atoms with Gasteiger partial charge in [0, 0.05) is 0 Å². The third-order valence-electron chi connectivity index (χ3n) is 2.31. The molecular weight excluding hydrogens is 263 g/mol. The summed E-state index contributed by atoms with van der Waals surface area (Å²) in [5.74, 6) is -1.26. The standard InChI is InChI=1S/C12H14F3NOS/c1-11(2,9-6-4-3-5-7-9)16-10(17)8-18-12(13,14)15/h3-7H,8H2,1-2H3,(H,16,17). The number of rotatable bonds is 4. The van der Waals surface area contributed by atoms with E-state index in [1.165, 1.54) is 0 Å². The average Bonchev–Trinajstić information content (AvgIpc) is 2.26. The smallest absolute Gasteiger partial charge is 0.346 e. The summed E-state index contributed by atoms with van der Waals surface area (Å²) < 4.78 is 35.9. The normalized spacial score (nSPS) is 12.3. The molecule has 0 aliphatic carbocycles. The molecule has 0 aromatic heterocycles. The van der Waals surface area contributed by atoms with E-state index in [1.54, 1.807) is 13.8 Å². The van der Waals surface area contributed by atoms with E-state index < -0.39 is 22.7 Å². The van der Waals surface area contributed by atoms with Crippen LogP contribution in [0.1, 0.15) is 19.4 Å². The van der Waals surface area contributed by atoms with Crippen molar-refractivity contribution in [1.29, 1.82) is 0 Å². The highest BCUT2D eigenvalue weighted by atomic mass is 32.2. The van der Waals surface area contributed by atoms with Crippen LogP contribution in [-0.4, -0.2) is 17.2 Å². The van der Waals surface area contributed by atoms with Crippen molar-refractivity contribution in [1.82, 2.24) is 5.32 Å². The summed E-state index contributed by atoms with van der Waals surface area (Å²) in [6, 6.07) is 9.09. The van der Waals surface area contributed by atoms with Gasteiger partial charge >= 0.3 is 5.51 Å². The first-order chi connectivity index (χ1) is 8.21. The molecule has 0 bridgehead atoms. The molecule has 1 N–H and O–H groups in total. The molecule has 0 fully saturated rings. The third kappa shape index (κ3) is 5.00. The Kier molecular flexibility index (Phi) is 4.67. The Morgan fingerprint density at radius 2 is 1.78 bits per heavy atom. The van der Waals surface area contributed by atoms with E-state index in [4.69, 9.17) is 0 Å². The number of alkyl halides is 3. The van der Waals surface area contributed by atoms with Crippen molar-refractivity contribution >= 4 is 17.7 Å². The van der Waals surface area contributed by atoms with Gasteiger partial charge in [0.25, 0.3) is 0 Å². The molecule has 0 saturated carbocycles. The number of amides is 1. The summed E-state index contributed by atoms with van der Waals surface area (Å²) in [4.78, 5) is 11.4. The van der Waals surface area contributed by atoms with Crippen molar-refractivity contribution in [2.24, 2.45) is 0 Å². The lowest BCUT2D eigenvalue weighted by atomic mass is 9.94. The molecule has 18 heavy (non-hydrogen) atoms. The Hall–Kier alpha value is -1.17. The van der Waals surface area contributed by atoms with Gasteiger partial charge in [-0.05, 0) is 31.2 Å². The zero-order valence-electron chi connectivity index (χ0n) is 10.0. The summed E-state index contributed by atoms with van der Waals surface area (Å²) in [6.07, 6.45) is 0. The summed E-state index contributed by atoms with van der Waals surface area (Å²) in [5, 5.41) is 2.59. The van der Waals surface area contributed by atoms with E-state index in [2.05, 4.69) is 5.32 Å². The van der Waals surface area contributed by atoms with Crippen molar-refractivity contribution in [3.05, 3.63) is 35.9 Å². The number of carbonyl (C=O) groups excluding carboxylic acids is 1. The molecule has 0 saturated heterocycles. The second-order valence-corrected chi connectivity index (χ2v) is 5.31. The molecule has 0 aliphatic rings. The van der Waals surface area contributed by atoms with E-state index in [9.17, 15) is 18.0 Å². The Bertz CT molecular complexity index is 404. The number of benzene rings is 1. The van der Waals surface area contributed by atoms with E-state index in [0.29, 0.717) is 0 Å². The van der Waals surface area contributed by atoms with Crippen LogP contribution in [0.25, 0.3) is 0 Å². The van der Waals surface area contributed by atoms with Crippen molar-refractivity contribution in [2.45, 2.75) is 24.9 Å². The van der Waals surface area contributed by atoms with E-state index in [0.717, 1.165) is 5.56 Å². The summed E-state index contributed by atoms with van der Waals surface area (Å²) in [5.41, 5.74) is -4.23. The van der Waals surface area contributed by atoms with Crippen molar-refractivity contribution in [3.63, 3.8) is 0 Å². The predicted octanol–water partition coefficient (Wildman–Crippen LogP) is 3.29. The first kappa shape index (κ1) is 14.9. The van der Waals surface area contributed by atoms with Gasteiger partial charge in [0.2, 0.25) is 5.91 Å². The SMILES string of the molecule is CC(C)(NC(=O)CSC(F)(F)F)c1ccccc1. The summed E-state index contributed by atoms with van der Waals surface area (Å²) in [6.45, 7) is 3.50. The van der Waals surface area contributed by atoms with Gasteiger partial charge < -0.3 is 5.32 Å². The number of thioether (sulfide) groups is 1. The lowest BCUT2D eigenvalue weighted by molar-refractivity contribution is -0.120. The summed E-state index contributed by atoms with van der Waals surface area (Å²) >= 11 is -0.334. The molecular formula is C12H14F3NOS. The molecule has 100 valence electrons. The monoisotopic (exact) mass is 277 g/mol. The molecule has 1 aromatic rings. The van der Waals surface area contributed by atoms with Gasteiger partial charge in [0.1, 0.15) is 0 Å². The first-order valence-corrected chi connectivity index (χ1v) is 6.26. The number of nitrogens with one attached hydrogen (secondary N) is 1. The molecule has 0 aliphatic heterocycles. The van der Waals surface area contributed by atoms with Crippen LogP contribution < -0.4 is 5.32 Å². The molecule has 2 nitrogen and oxygen atoms in total. The fourth-order valence-electron chi connectivity index (χ4n) is 1.46. The lowest BCUT2D eigenvalue weighted by Crippen LogP contribution is -2.42. The Morgan fingerprint density at radius 1 is 1.22 bits per heavy atom. The van der Waals surface area contributed by atoms with E-state index in [1.807, 2.05) is 30.3 Å². The topological polar surface area (TPSA) is 29.1 Å². The van der Waals surface area contributed by atoms with Crippen LogP contribution in [-0.2, 0) is 10.3 Å². The molecule has 0 radical (unpaired) electrons. The zero-order valence-corrected chi connectivity index (χ0v) is 10.9. The lowest BCUT2D eigenvalue weighted by Gasteiger charge is -2.27. The van der Waals surface area contributed by atoms with Crippen molar-refractivity contribution < 1.29 is 18.0 Å². The molecule has 6 heteroatoms. The maximum absolute atomic E-state index is 12.0. The molecule has 0 unspecified atom stereocenters. The second-order valence-electron chi connectivity index (χ2n) is 4.27. The number of hydrogen-bond acceptors (Lipinski definition) is 2. The van der Waals surface area contributed by atoms with Gasteiger partial charge in [-0.2, -0.15) is 13.2 Å². The molecule has 0 atom stereocenters. The minimum absolute atomic E-state index is 0.334. The highest BCUT2D eigenvalue weighted by molar-refractivity contribution is 8.00. The van der Waals surface area contributed by atoms with Gasteiger partial charge in [0.05, 0.1) is 11.3 Å². The van der Waals surface area contributed by atoms with Gasteiger partial charge in [0.15, 0.2) is 0 Å². The van der Waals surface area contributed by atoms with Crippen LogP contribution in [0.2, 0.25) is 0 Å². The third-order valence-corrected chi connectivity index (χ3v) is 3.05. The van der Waals surface area contributed by atoms with Gasteiger partial charge in [-0.25, -0.2) is 0 Å². The molecule has 0 spiro atoms. The quantitative estimate of drug-likeness (QED) is 0.915.